The molecule has 180 valence electrons. The summed E-state index contributed by atoms with van der Waals surface area (Å²) in [7, 11) is 0. The first-order valence-corrected chi connectivity index (χ1v) is 12.8. The highest BCUT2D eigenvalue weighted by Crippen LogP contribution is 2.28. The van der Waals surface area contributed by atoms with Gasteiger partial charge < -0.3 is 4.74 Å². The fourth-order valence-electron chi connectivity index (χ4n) is 4.19. The minimum Gasteiger partial charge on any atom is -0.488 e. The zero-order valence-corrected chi connectivity index (χ0v) is 21.8. The van der Waals surface area contributed by atoms with Gasteiger partial charge in [-0.05, 0) is 53.9 Å². The van der Waals surface area contributed by atoms with Gasteiger partial charge in [-0.1, -0.05) is 83.0 Å². The lowest BCUT2D eigenvalue weighted by Gasteiger charge is -2.13. The van der Waals surface area contributed by atoms with E-state index in [2.05, 4.69) is 65.2 Å². The van der Waals surface area contributed by atoms with Crippen molar-refractivity contribution >= 4 is 43.8 Å². The largest absolute Gasteiger partial charge is 0.488 e. The van der Waals surface area contributed by atoms with Crippen LogP contribution < -0.4 is 10.3 Å². The number of aryl methyl sites for hydroxylation is 2. The van der Waals surface area contributed by atoms with E-state index >= 15 is 0 Å². The number of ether oxygens (including phenoxy) is 1. The summed E-state index contributed by atoms with van der Waals surface area (Å²) >= 11 is 3.46. The summed E-state index contributed by atoms with van der Waals surface area (Å²) in [5.74, 6) is 1.34. The Bertz CT molecular complexity index is 1640. The fraction of sp³-hybridized carbons (Fsp3) is 0.167. The van der Waals surface area contributed by atoms with Crippen molar-refractivity contribution in [2.24, 2.45) is 5.10 Å². The second kappa shape index (κ2) is 10.5. The van der Waals surface area contributed by atoms with Crippen LogP contribution in [0.15, 0.2) is 93.2 Å². The van der Waals surface area contributed by atoms with E-state index in [1.54, 1.807) is 12.3 Å². The standard InChI is InChI=1S/C30H26BrN3O2/c1-3-6-29-33-27-15-14-23(31)17-25(27)30(35)34(29)32-18-26-24-8-5-4-7-22(24)13-16-28(26)36-19-21-11-9-20(2)10-12-21/h4-5,7-18H,3,6,19H2,1-2H3. The second-order valence-corrected chi connectivity index (χ2v) is 9.69. The molecule has 0 amide bonds. The van der Waals surface area contributed by atoms with Crippen molar-refractivity contribution in [1.82, 2.24) is 9.66 Å². The molecular formula is C30H26BrN3O2. The van der Waals surface area contributed by atoms with E-state index in [1.165, 1.54) is 10.2 Å². The molecule has 0 fully saturated rings. The fourth-order valence-corrected chi connectivity index (χ4v) is 4.56. The second-order valence-electron chi connectivity index (χ2n) is 8.77. The van der Waals surface area contributed by atoms with Crippen molar-refractivity contribution in [3.63, 3.8) is 0 Å². The lowest BCUT2D eigenvalue weighted by atomic mass is 10.0. The van der Waals surface area contributed by atoms with E-state index in [1.807, 2.05) is 42.5 Å². The highest BCUT2D eigenvalue weighted by atomic mass is 79.9. The molecule has 0 unspecified atom stereocenters. The van der Waals surface area contributed by atoms with Crippen LogP contribution in [-0.4, -0.2) is 15.9 Å². The molecule has 0 N–H and O–H groups in total. The first-order valence-electron chi connectivity index (χ1n) is 12.0. The molecule has 6 heteroatoms. The number of hydrogen-bond acceptors (Lipinski definition) is 4. The third kappa shape index (κ3) is 4.95. The lowest BCUT2D eigenvalue weighted by molar-refractivity contribution is 0.306. The van der Waals surface area contributed by atoms with E-state index in [-0.39, 0.29) is 5.56 Å². The number of aromatic nitrogens is 2. The van der Waals surface area contributed by atoms with Crippen LogP contribution in [0.25, 0.3) is 21.7 Å². The summed E-state index contributed by atoms with van der Waals surface area (Å²) in [6, 6.07) is 25.9. The molecule has 0 aliphatic heterocycles. The zero-order valence-electron chi connectivity index (χ0n) is 20.2. The summed E-state index contributed by atoms with van der Waals surface area (Å²) in [6.45, 7) is 4.57. The molecule has 0 bridgehead atoms. The minimum absolute atomic E-state index is 0.191. The quantitative estimate of drug-likeness (QED) is 0.208. The minimum atomic E-state index is -0.191. The third-order valence-electron chi connectivity index (χ3n) is 6.10. The Morgan fingerprint density at radius 3 is 2.61 bits per heavy atom. The van der Waals surface area contributed by atoms with Gasteiger partial charge in [-0.2, -0.15) is 9.78 Å². The van der Waals surface area contributed by atoms with Gasteiger partial charge in [-0.25, -0.2) is 4.98 Å². The number of fused-ring (bicyclic) bond motifs is 2. The Balaban J connectivity index is 1.60. The van der Waals surface area contributed by atoms with Gasteiger partial charge >= 0.3 is 0 Å². The van der Waals surface area contributed by atoms with Gasteiger partial charge in [-0.3, -0.25) is 4.79 Å². The molecule has 5 rings (SSSR count). The molecule has 0 aliphatic rings. The van der Waals surface area contributed by atoms with Crippen LogP contribution in [-0.2, 0) is 13.0 Å². The zero-order chi connectivity index (χ0) is 25.1. The van der Waals surface area contributed by atoms with Crippen molar-refractivity contribution in [3.05, 3.63) is 116 Å². The van der Waals surface area contributed by atoms with Gasteiger partial charge in [0.25, 0.3) is 5.56 Å². The van der Waals surface area contributed by atoms with Crippen LogP contribution in [0.3, 0.4) is 0 Å². The molecular weight excluding hydrogens is 514 g/mol. The molecule has 1 aromatic heterocycles. The van der Waals surface area contributed by atoms with E-state index in [0.717, 1.165) is 32.8 Å². The average molecular weight is 540 g/mol. The molecule has 1 heterocycles. The molecule has 5 aromatic rings. The lowest BCUT2D eigenvalue weighted by Crippen LogP contribution is -2.22. The van der Waals surface area contributed by atoms with Gasteiger partial charge in [0.2, 0.25) is 0 Å². The monoisotopic (exact) mass is 539 g/mol. The van der Waals surface area contributed by atoms with Crippen LogP contribution in [0.4, 0.5) is 0 Å². The van der Waals surface area contributed by atoms with Crippen LogP contribution in [0, 0.1) is 6.92 Å². The van der Waals surface area contributed by atoms with Gasteiger partial charge in [0.1, 0.15) is 18.2 Å². The van der Waals surface area contributed by atoms with Gasteiger partial charge in [0.15, 0.2) is 0 Å². The van der Waals surface area contributed by atoms with Crippen molar-refractivity contribution in [2.45, 2.75) is 33.3 Å². The SMILES string of the molecule is CCCc1nc2ccc(Br)cc2c(=O)n1N=Cc1c(OCc2ccc(C)cc2)ccc2ccccc12. The van der Waals surface area contributed by atoms with Crippen LogP contribution in [0.2, 0.25) is 0 Å². The summed E-state index contributed by atoms with van der Waals surface area (Å²) in [4.78, 5) is 18.2. The Morgan fingerprint density at radius 1 is 1.00 bits per heavy atom. The van der Waals surface area contributed by atoms with Crippen molar-refractivity contribution < 1.29 is 4.74 Å². The molecule has 36 heavy (non-hydrogen) atoms. The van der Waals surface area contributed by atoms with E-state index in [9.17, 15) is 4.79 Å². The maximum atomic E-state index is 13.4. The summed E-state index contributed by atoms with van der Waals surface area (Å²) < 4.78 is 8.50. The maximum Gasteiger partial charge on any atom is 0.282 e. The Kier molecular flexibility index (Phi) is 6.96. The number of nitrogens with zero attached hydrogens (tertiary/aromatic N) is 3. The Morgan fingerprint density at radius 2 is 1.81 bits per heavy atom. The smallest absolute Gasteiger partial charge is 0.282 e. The normalized spacial score (nSPS) is 11.5. The topological polar surface area (TPSA) is 56.5 Å². The number of halogens is 1. The predicted molar refractivity (Wildman–Crippen MR) is 150 cm³/mol. The third-order valence-corrected chi connectivity index (χ3v) is 6.59. The first kappa shape index (κ1) is 23.9. The Hall–Kier alpha value is -3.77. The molecule has 4 aromatic carbocycles. The molecule has 0 aliphatic carbocycles. The molecule has 5 nitrogen and oxygen atoms in total. The van der Waals surface area contributed by atoms with Gasteiger partial charge in [0.05, 0.1) is 17.1 Å². The summed E-state index contributed by atoms with van der Waals surface area (Å²) in [5.41, 5.74) is 3.60. The van der Waals surface area contributed by atoms with Gasteiger partial charge in [0, 0.05) is 16.5 Å². The van der Waals surface area contributed by atoms with Crippen LogP contribution in [0.1, 0.15) is 35.9 Å². The molecule has 0 saturated carbocycles. The van der Waals surface area contributed by atoms with Gasteiger partial charge in [-0.15, -0.1) is 0 Å². The van der Waals surface area contributed by atoms with E-state index in [4.69, 9.17) is 9.72 Å². The van der Waals surface area contributed by atoms with Crippen molar-refractivity contribution in [3.8, 4) is 5.75 Å². The molecule has 0 saturated heterocycles. The first-order chi connectivity index (χ1) is 17.5. The summed E-state index contributed by atoms with van der Waals surface area (Å²) in [5, 5.41) is 7.27. The van der Waals surface area contributed by atoms with Crippen molar-refractivity contribution in [2.75, 3.05) is 0 Å². The highest BCUT2D eigenvalue weighted by molar-refractivity contribution is 9.10. The van der Waals surface area contributed by atoms with E-state index in [0.29, 0.717) is 35.5 Å². The number of rotatable bonds is 7. The predicted octanol–water partition coefficient (Wildman–Crippen LogP) is 7.03. The highest BCUT2D eigenvalue weighted by Gasteiger charge is 2.12. The maximum absolute atomic E-state index is 13.4. The molecule has 0 radical (unpaired) electrons. The van der Waals surface area contributed by atoms with E-state index < -0.39 is 0 Å². The molecule has 0 spiro atoms. The van der Waals surface area contributed by atoms with Crippen molar-refractivity contribution in [1.29, 1.82) is 0 Å². The number of benzene rings is 4. The summed E-state index contributed by atoms with van der Waals surface area (Å²) in [6.07, 6.45) is 3.22. The average Bonchev–Trinajstić information content (AvgIpc) is 2.89. The van der Waals surface area contributed by atoms with Crippen LogP contribution >= 0.6 is 15.9 Å². The Labute approximate surface area is 218 Å². The number of hydrogen-bond donors (Lipinski definition) is 0. The molecule has 0 atom stereocenters. The van der Waals surface area contributed by atoms with Crippen LogP contribution in [0.5, 0.6) is 5.75 Å².